The van der Waals surface area contributed by atoms with Crippen molar-refractivity contribution in [1.82, 2.24) is 0 Å². The molecule has 0 amide bonds. The van der Waals surface area contributed by atoms with Crippen LogP contribution < -0.4 is 0 Å². The normalized spacial score (nSPS) is 11.9. The summed E-state index contributed by atoms with van der Waals surface area (Å²) in [6.45, 7) is 14.2. The first-order valence-electron chi connectivity index (χ1n) is 4.81. The van der Waals surface area contributed by atoms with Gasteiger partial charge in [0.2, 0.25) is 0 Å². The van der Waals surface area contributed by atoms with Gasteiger partial charge in [-0.2, -0.15) is 0 Å². The van der Waals surface area contributed by atoms with Crippen molar-refractivity contribution in [1.29, 1.82) is 0 Å². The van der Waals surface area contributed by atoms with Crippen molar-refractivity contribution in [2.45, 2.75) is 27.7 Å². The van der Waals surface area contributed by atoms with Crippen LogP contribution in [-0.2, 0) is 4.57 Å². The summed E-state index contributed by atoms with van der Waals surface area (Å²) in [4.78, 5) is 6.74. The second-order valence-corrected chi connectivity index (χ2v) is 3.91. The summed E-state index contributed by atoms with van der Waals surface area (Å²) in [5, 5.41) is 0. The van der Waals surface area contributed by atoms with E-state index < -0.39 is 7.99 Å². The lowest BCUT2D eigenvalue weighted by Crippen LogP contribution is -2.47. The van der Waals surface area contributed by atoms with Crippen molar-refractivity contribution in [3.63, 3.8) is 0 Å². The van der Waals surface area contributed by atoms with E-state index in [0.717, 1.165) is 0 Å². The Balaban J connectivity index is 0. The zero-order valence-electron chi connectivity index (χ0n) is 9.33. The Kier molecular flexibility index (Phi) is 8.60. The molecule has 0 unspecified atom stereocenters. The van der Waals surface area contributed by atoms with E-state index in [-0.39, 0.29) is 0 Å². The van der Waals surface area contributed by atoms with E-state index in [1.54, 1.807) is 0 Å². The third-order valence-electron chi connectivity index (χ3n) is 2.68. The molecule has 6 heteroatoms. The highest BCUT2D eigenvalue weighted by Crippen LogP contribution is 2.43. The number of nitrogens with zero attached hydrogens (tertiary/aromatic N) is 1. The maximum atomic E-state index is 10.1. The molecule has 0 saturated carbocycles. The van der Waals surface area contributed by atoms with E-state index in [2.05, 4.69) is 27.7 Å². The summed E-state index contributed by atoms with van der Waals surface area (Å²) in [5.41, 5.74) is 0. The molecule has 0 spiro atoms. The summed E-state index contributed by atoms with van der Waals surface area (Å²) in [6.07, 6.45) is 0. The van der Waals surface area contributed by atoms with Gasteiger partial charge in [0, 0.05) is 0 Å². The van der Waals surface area contributed by atoms with E-state index in [9.17, 15) is 8.39 Å². The Morgan fingerprint density at radius 3 is 1.14 bits per heavy atom. The molecule has 0 aliphatic carbocycles. The van der Waals surface area contributed by atoms with E-state index in [1.165, 1.54) is 30.7 Å². The van der Waals surface area contributed by atoms with Gasteiger partial charge in [-0.1, -0.05) is 0 Å². The molecule has 0 heterocycles. The van der Waals surface area contributed by atoms with Crippen LogP contribution in [0, 0.1) is 0 Å². The van der Waals surface area contributed by atoms with Crippen molar-refractivity contribution in [2.75, 3.05) is 26.2 Å². The van der Waals surface area contributed by atoms with Gasteiger partial charge in [-0.3, -0.25) is 4.89 Å². The molecule has 1 N–H and O–H groups in total. The van der Waals surface area contributed by atoms with E-state index in [0.29, 0.717) is 0 Å². The van der Waals surface area contributed by atoms with Crippen LogP contribution in [0.25, 0.3) is 0 Å². The quantitative estimate of drug-likeness (QED) is 0.597. The Labute approximate surface area is 85.0 Å². The van der Waals surface area contributed by atoms with Gasteiger partial charge in [0.25, 0.3) is 0 Å². The van der Waals surface area contributed by atoms with Crippen LogP contribution in [0.15, 0.2) is 0 Å². The zero-order valence-corrected chi connectivity index (χ0v) is 10.2. The van der Waals surface area contributed by atoms with Gasteiger partial charge >= 0.3 is 7.99 Å². The molecule has 0 aliphatic heterocycles. The van der Waals surface area contributed by atoms with Crippen LogP contribution in [0.1, 0.15) is 27.7 Å². The van der Waals surface area contributed by atoms with Crippen molar-refractivity contribution in [3.05, 3.63) is 0 Å². The molecule has 0 saturated heterocycles. The standard InChI is InChI=1S/C8H20N.F2HO2P/c1-5-9(6-2,7-3)8-4;1-5(2,3)4/h5-8H2,1-4H3;(H,3,4)/q+1;. The van der Waals surface area contributed by atoms with Gasteiger partial charge in [0.15, 0.2) is 0 Å². The molecule has 3 nitrogen and oxygen atoms in total. The van der Waals surface area contributed by atoms with Gasteiger partial charge in [-0.05, 0) is 27.7 Å². The number of hydrogen-bond donors (Lipinski definition) is 1. The van der Waals surface area contributed by atoms with Gasteiger partial charge in [-0.25, -0.2) is 4.57 Å². The monoisotopic (exact) mass is 232 g/mol. The number of hydrogen-bond acceptors (Lipinski definition) is 1. The van der Waals surface area contributed by atoms with E-state index in [4.69, 9.17) is 9.46 Å². The van der Waals surface area contributed by atoms with Gasteiger partial charge in [0.1, 0.15) is 0 Å². The predicted molar refractivity (Wildman–Crippen MR) is 54.5 cm³/mol. The highest BCUT2D eigenvalue weighted by molar-refractivity contribution is 7.46. The SMILES string of the molecule is CC[N+](CC)(CC)CC.O=P(O)(F)F. The molecule has 0 atom stereocenters. The fourth-order valence-corrected chi connectivity index (χ4v) is 1.34. The topological polar surface area (TPSA) is 37.3 Å². The first-order valence-corrected chi connectivity index (χ1v) is 6.26. The number of halogens is 2. The van der Waals surface area contributed by atoms with Crippen molar-refractivity contribution in [3.8, 4) is 0 Å². The zero-order chi connectivity index (χ0) is 11.8. The van der Waals surface area contributed by atoms with Crippen LogP contribution in [0.5, 0.6) is 0 Å². The summed E-state index contributed by atoms with van der Waals surface area (Å²) in [6, 6.07) is 0. The second-order valence-electron chi connectivity index (χ2n) is 3.04. The lowest BCUT2D eigenvalue weighted by Gasteiger charge is -2.34. The molecular formula is C8H21F2NO2P+. The minimum absolute atomic E-state index is 1.28. The average molecular weight is 232 g/mol. The molecule has 0 fully saturated rings. The van der Waals surface area contributed by atoms with Gasteiger partial charge in [-0.15, -0.1) is 8.39 Å². The molecule has 0 rings (SSSR count). The molecule has 0 radical (unpaired) electrons. The summed E-state index contributed by atoms with van der Waals surface area (Å²) in [5.74, 6) is 0. The Morgan fingerprint density at radius 1 is 1.00 bits per heavy atom. The maximum absolute atomic E-state index is 10.1. The number of rotatable bonds is 4. The van der Waals surface area contributed by atoms with Crippen molar-refractivity contribution in [2.24, 2.45) is 0 Å². The number of quaternary nitrogens is 1. The first-order chi connectivity index (χ1) is 6.24. The van der Waals surface area contributed by atoms with Crippen molar-refractivity contribution >= 4 is 7.99 Å². The van der Waals surface area contributed by atoms with Crippen LogP contribution >= 0.6 is 7.99 Å². The third-order valence-corrected chi connectivity index (χ3v) is 2.68. The minimum atomic E-state index is -5.64. The maximum Gasteiger partial charge on any atom is 0.549 e. The molecule has 0 aromatic heterocycles. The molecular weight excluding hydrogens is 211 g/mol. The smallest absolute Gasteiger partial charge is 0.325 e. The summed E-state index contributed by atoms with van der Waals surface area (Å²) >= 11 is 0. The molecule has 0 aromatic carbocycles. The molecule has 0 aromatic rings. The molecule has 88 valence electrons. The first kappa shape index (κ1) is 16.4. The highest BCUT2D eigenvalue weighted by atomic mass is 31.2. The summed E-state index contributed by atoms with van der Waals surface area (Å²) < 4.78 is 30.0. The fourth-order valence-electron chi connectivity index (χ4n) is 1.34. The predicted octanol–water partition coefficient (Wildman–Crippen LogP) is 2.91. The fraction of sp³-hybridized carbons (Fsp3) is 1.00. The Hall–Kier alpha value is 0.01000. The average Bonchev–Trinajstić information content (AvgIpc) is 2.07. The second kappa shape index (κ2) is 7.32. The lowest BCUT2D eigenvalue weighted by atomic mass is 10.3. The molecule has 0 bridgehead atoms. The van der Waals surface area contributed by atoms with Crippen molar-refractivity contribution < 1.29 is 22.3 Å². The summed E-state index contributed by atoms with van der Waals surface area (Å²) in [7, 11) is -5.64. The van der Waals surface area contributed by atoms with Crippen LogP contribution in [0.4, 0.5) is 8.39 Å². The lowest BCUT2D eigenvalue weighted by molar-refractivity contribution is -0.921. The van der Waals surface area contributed by atoms with Crippen LogP contribution in [0.2, 0.25) is 0 Å². The van der Waals surface area contributed by atoms with Gasteiger partial charge < -0.3 is 4.48 Å². The highest BCUT2D eigenvalue weighted by Gasteiger charge is 2.16. The minimum Gasteiger partial charge on any atom is -0.325 e. The molecule has 0 aliphatic rings. The van der Waals surface area contributed by atoms with E-state index >= 15 is 0 Å². The van der Waals surface area contributed by atoms with Crippen LogP contribution in [0.3, 0.4) is 0 Å². The Bertz CT molecular complexity index is 154. The Morgan fingerprint density at radius 2 is 1.14 bits per heavy atom. The largest absolute Gasteiger partial charge is 0.549 e. The van der Waals surface area contributed by atoms with Crippen LogP contribution in [-0.4, -0.2) is 35.6 Å². The van der Waals surface area contributed by atoms with Gasteiger partial charge in [0.05, 0.1) is 26.2 Å². The van der Waals surface area contributed by atoms with E-state index in [1.807, 2.05) is 0 Å². The third kappa shape index (κ3) is 10.1. The molecule has 14 heavy (non-hydrogen) atoms.